The molecule has 0 aliphatic rings. The Labute approximate surface area is 79.5 Å². The van der Waals surface area contributed by atoms with Gasteiger partial charge in [-0.05, 0) is 5.22 Å². The molecule has 0 saturated heterocycles. The van der Waals surface area contributed by atoms with Gasteiger partial charge >= 0.3 is 0 Å². The molecule has 0 heterocycles. The van der Waals surface area contributed by atoms with Gasteiger partial charge in [0.15, 0.2) is 0 Å². The van der Waals surface area contributed by atoms with Gasteiger partial charge in [0.1, 0.15) is 0 Å². The van der Waals surface area contributed by atoms with E-state index in [2.05, 4.69) is 10.4 Å². The first-order chi connectivity index (χ1) is 3.92. The average molecular weight is 258 g/mol. The Balaban J connectivity index is 0. The molecule has 0 fully saturated rings. The van der Waals surface area contributed by atoms with Gasteiger partial charge in [0.2, 0.25) is 0 Å². The highest BCUT2D eigenvalue weighted by molar-refractivity contribution is 4.12. The van der Waals surface area contributed by atoms with Gasteiger partial charge in [-0.1, -0.05) is 0 Å². The van der Waals surface area contributed by atoms with E-state index in [1.54, 1.807) is 5.01 Å². The van der Waals surface area contributed by atoms with E-state index in [9.17, 15) is 0 Å². The van der Waals surface area contributed by atoms with E-state index >= 15 is 0 Å². The zero-order valence-corrected chi connectivity index (χ0v) is 9.32. The molecule has 0 unspecified atom stereocenters. The van der Waals surface area contributed by atoms with E-state index in [4.69, 9.17) is 0 Å². The molecule has 0 aromatic carbocycles. The zero-order valence-electron chi connectivity index (χ0n) is 7.17. The predicted molar refractivity (Wildman–Crippen MR) is 36.6 cm³/mol. The van der Waals surface area contributed by atoms with Crippen molar-refractivity contribution in [2.75, 3.05) is 35.2 Å². The van der Waals surface area contributed by atoms with E-state index in [-0.39, 0.29) is 24.0 Å². The van der Waals surface area contributed by atoms with Gasteiger partial charge in [0, 0.05) is 19.3 Å². The van der Waals surface area contributed by atoms with Crippen molar-refractivity contribution in [1.82, 2.24) is 5.01 Å². The zero-order chi connectivity index (χ0) is 7.49. The molecule has 0 N–H and O–H groups in total. The lowest BCUT2D eigenvalue weighted by Gasteiger charge is -2.13. The van der Waals surface area contributed by atoms with Crippen molar-refractivity contribution in [3.05, 3.63) is 0 Å². The summed E-state index contributed by atoms with van der Waals surface area (Å²) in [7, 11) is 9.55. The summed E-state index contributed by atoms with van der Waals surface area (Å²) in [4.78, 5) is 0. The van der Waals surface area contributed by atoms with Crippen molar-refractivity contribution >= 4 is 0 Å². The van der Waals surface area contributed by atoms with E-state index in [1.807, 2.05) is 35.2 Å². The van der Waals surface area contributed by atoms with E-state index in [0.29, 0.717) is 4.59 Å². The van der Waals surface area contributed by atoms with Crippen LogP contribution in [0.5, 0.6) is 0 Å². The molecule has 0 saturated carbocycles. The van der Waals surface area contributed by atoms with Crippen molar-refractivity contribution in [1.29, 1.82) is 0 Å². The highest BCUT2D eigenvalue weighted by Crippen LogP contribution is 1.92. The summed E-state index contributed by atoms with van der Waals surface area (Å²) in [5.41, 5.74) is 0. The summed E-state index contributed by atoms with van der Waals surface area (Å²) < 4.78 is 0.512. The van der Waals surface area contributed by atoms with Gasteiger partial charge in [-0.15, -0.1) is 0 Å². The Hall–Kier alpha value is 0.0900. The van der Waals surface area contributed by atoms with E-state index in [1.165, 1.54) is 0 Å². The van der Waals surface area contributed by atoms with Crippen LogP contribution in [-0.2, 0) is 0 Å². The first kappa shape index (κ1) is 12.7. The molecular formula is C5H15IN4. The number of rotatable bonds is 2. The van der Waals surface area contributed by atoms with E-state index in [0.717, 1.165) is 0 Å². The van der Waals surface area contributed by atoms with Crippen LogP contribution < -0.4 is 24.0 Å². The van der Waals surface area contributed by atoms with Gasteiger partial charge in [-0.2, -0.15) is 4.59 Å². The minimum Gasteiger partial charge on any atom is -1.00 e. The smallest absolute Gasteiger partial charge is 0.0940 e. The molecule has 0 aliphatic heterocycles. The van der Waals surface area contributed by atoms with Crippen molar-refractivity contribution in [3.63, 3.8) is 0 Å². The number of quaternary nitrogens is 1. The van der Waals surface area contributed by atoms with Crippen molar-refractivity contribution in [3.8, 4) is 0 Å². The molecule has 0 amide bonds. The summed E-state index contributed by atoms with van der Waals surface area (Å²) in [6.07, 6.45) is 0. The Kier molecular flexibility index (Phi) is 6.16. The number of hydrogen-bond donors (Lipinski definition) is 0. The van der Waals surface area contributed by atoms with Crippen LogP contribution in [-0.4, -0.2) is 44.8 Å². The minimum absolute atomic E-state index is 0. The van der Waals surface area contributed by atoms with Crippen LogP contribution in [0.25, 0.3) is 0 Å². The average Bonchev–Trinajstić information content (AvgIpc) is 1.59. The number of hydrogen-bond acceptors (Lipinski definition) is 2. The van der Waals surface area contributed by atoms with Crippen LogP contribution in [0, 0.1) is 0 Å². The molecule has 0 aromatic rings. The van der Waals surface area contributed by atoms with Gasteiger partial charge in [-0.25, -0.2) is 0 Å². The van der Waals surface area contributed by atoms with Crippen LogP contribution in [0.3, 0.4) is 0 Å². The molecular weight excluding hydrogens is 243 g/mol. The minimum atomic E-state index is 0. The maximum absolute atomic E-state index is 3.94. The molecule has 0 atom stereocenters. The van der Waals surface area contributed by atoms with E-state index < -0.39 is 0 Å². The van der Waals surface area contributed by atoms with Gasteiger partial charge in [0.05, 0.1) is 21.1 Å². The SMILES string of the molecule is CN(C)N=N[N+](C)(C)C.[I-]. The first-order valence-corrected chi connectivity index (χ1v) is 2.84. The second-order valence-corrected chi connectivity index (χ2v) is 2.97. The fraction of sp³-hybridized carbons (Fsp3) is 1.00. The van der Waals surface area contributed by atoms with Crippen LogP contribution in [0.2, 0.25) is 0 Å². The Morgan fingerprint density at radius 2 is 1.50 bits per heavy atom. The highest BCUT2D eigenvalue weighted by atomic mass is 127. The summed E-state index contributed by atoms with van der Waals surface area (Å²) in [6.45, 7) is 0. The predicted octanol–water partition coefficient (Wildman–Crippen LogP) is -2.46. The summed E-state index contributed by atoms with van der Waals surface area (Å²) in [6, 6.07) is 0. The normalized spacial score (nSPS) is 11.3. The lowest BCUT2D eigenvalue weighted by molar-refractivity contribution is -0.883. The van der Waals surface area contributed by atoms with Crippen LogP contribution in [0.1, 0.15) is 0 Å². The molecule has 0 rings (SSSR count). The van der Waals surface area contributed by atoms with Crippen molar-refractivity contribution in [2.24, 2.45) is 10.4 Å². The van der Waals surface area contributed by atoms with Crippen molar-refractivity contribution < 1.29 is 28.6 Å². The molecule has 62 valence electrons. The van der Waals surface area contributed by atoms with Gasteiger partial charge in [0.25, 0.3) is 0 Å². The van der Waals surface area contributed by atoms with Crippen molar-refractivity contribution in [2.45, 2.75) is 0 Å². The fourth-order valence-electron chi connectivity index (χ4n) is 0.200. The monoisotopic (exact) mass is 258 g/mol. The Morgan fingerprint density at radius 3 is 1.60 bits per heavy atom. The summed E-state index contributed by atoms with van der Waals surface area (Å²) in [5, 5.41) is 9.44. The third-order valence-electron chi connectivity index (χ3n) is 0.487. The largest absolute Gasteiger partial charge is 1.00 e. The van der Waals surface area contributed by atoms with Crippen LogP contribution in [0.15, 0.2) is 10.4 Å². The molecule has 0 radical (unpaired) electrons. The molecule has 0 aliphatic carbocycles. The van der Waals surface area contributed by atoms with Gasteiger partial charge in [-0.3, -0.25) is 5.01 Å². The third-order valence-corrected chi connectivity index (χ3v) is 0.487. The first-order valence-electron chi connectivity index (χ1n) is 2.84. The second-order valence-electron chi connectivity index (χ2n) is 2.97. The molecule has 0 aromatic heterocycles. The maximum atomic E-state index is 3.94. The summed E-state index contributed by atoms with van der Waals surface area (Å²) >= 11 is 0. The Morgan fingerprint density at radius 1 is 1.10 bits per heavy atom. The lowest BCUT2D eigenvalue weighted by Crippen LogP contribution is -3.00. The van der Waals surface area contributed by atoms with Gasteiger partial charge < -0.3 is 24.0 Å². The maximum Gasteiger partial charge on any atom is 0.0940 e. The van der Waals surface area contributed by atoms with Crippen LogP contribution in [0.4, 0.5) is 0 Å². The standard InChI is InChI=1S/C5H15N4.HI/c1-8(2)6-7-9(3,4)5;/h1-5H3;1H/q+1;/p-1. The lowest BCUT2D eigenvalue weighted by atomic mass is 10.9. The Bertz CT molecular complexity index is 105. The highest BCUT2D eigenvalue weighted by Gasteiger charge is 2.02. The topological polar surface area (TPSA) is 28.0 Å². The quantitative estimate of drug-likeness (QED) is 0.234. The third kappa shape index (κ3) is 11.0. The molecule has 0 bridgehead atoms. The second kappa shape index (κ2) is 4.84. The number of nitrogens with zero attached hydrogens (tertiary/aromatic N) is 4. The molecule has 10 heavy (non-hydrogen) atoms. The molecule has 0 spiro atoms. The molecule has 5 heteroatoms. The van der Waals surface area contributed by atoms with Crippen LogP contribution >= 0.6 is 0 Å². The fourth-order valence-corrected chi connectivity index (χ4v) is 0.200. The summed E-state index contributed by atoms with van der Waals surface area (Å²) in [5.74, 6) is 0. The molecule has 4 nitrogen and oxygen atoms in total. The number of halogens is 1.